The van der Waals surface area contributed by atoms with Gasteiger partial charge in [0.05, 0.1) is 39.1 Å². The SMILES string of the molecule is COCC1CCN(S(=O)(=O)N2CCCCN(C(=O)c3cc(CC(C)C)nn3C)CC(=O)NCC3CCCN(C3)c3nc4cc(OC)c(OC)c(OC)c4cc3C2)CC1. The fraction of sp³-hybridized carbons (Fsp3) is 0.659. The molecule has 3 aliphatic heterocycles. The fourth-order valence-electron chi connectivity index (χ4n) is 8.55. The Balaban J connectivity index is 1.39. The van der Waals surface area contributed by atoms with Crippen molar-refractivity contribution in [3.63, 3.8) is 0 Å². The highest BCUT2D eigenvalue weighted by atomic mass is 32.2. The van der Waals surface area contributed by atoms with Crippen LogP contribution in [0.4, 0.5) is 5.82 Å². The van der Waals surface area contributed by atoms with Crippen molar-refractivity contribution in [2.75, 3.05) is 92.3 Å². The smallest absolute Gasteiger partial charge is 0.282 e. The second-order valence-corrected chi connectivity index (χ2v) is 18.2. The first-order chi connectivity index (χ1) is 27.9. The minimum absolute atomic E-state index is 0.0737. The van der Waals surface area contributed by atoms with Gasteiger partial charge in [-0.15, -0.1) is 0 Å². The van der Waals surface area contributed by atoms with Gasteiger partial charge >= 0.3 is 0 Å². The van der Waals surface area contributed by atoms with Crippen molar-refractivity contribution in [3.05, 3.63) is 35.2 Å². The Labute approximate surface area is 343 Å². The second kappa shape index (κ2) is 19.3. The molecule has 2 amide bonds. The lowest BCUT2D eigenvalue weighted by Gasteiger charge is -2.37. The van der Waals surface area contributed by atoms with Crippen LogP contribution in [-0.4, -0.2) is 136 Å². The summed E-state index contributed by atoms with van der Waals surface area (Å²) < 4.78 is 56.9. The minimum Gasteiger partial charge on any atom is -0.493 e. The molecule has 0 spiro atoms. The van der Waals surface area contributed by atoms with Gasteiger partial charge in [-0.2, -0.15) is 22.1 Å². The van der Waals surface area contributed by atoms with E-state index in [-0.39, 0.29) is 43.9 Å². The molecule has 16 nitrogen and oxygen atoms in total. The van der Waals surface area contributed by atoms with E-state index in [1.165, 1.54) is 0 Å². The van der Waals surface area contributed by atoms with Gasteiger partial charge < -0.3 is 34.1 Å². The molecular weight excluding hydrogens is 765 g/mol. The van der Waals surface area contributed by atoms with Crippen LogP contribution in [0, 0.1) is 17.8 Å². The van der Waals surface area contributed by atoms with Crippen LogP contribution >= 0.6 is 0 Å². The van der Waals surface area contributed by atoms with Crippen molar-refractivity contribution >= 4 is 38.7 Å². The number of nitrogens with zero attached hydrogens (tertiary/aromatic N) is 7. The largest absolute Gasteiger partial charge is 0.493 e. The van der Waals surface area contributed by atoms with Gasteiger partial charge in [0.25, 0.3) is 16.1 Å². The number of pyridine rings is 1. The first-order valence-corrected chi connectivity index (χ1v) is 22.0. The fourth-order valence-corrected chi connectivity index (χ4v) is 10.2. The number of nitrogens with one attached hydrogen (secondary N) is 1. The van der Waals surface area contributed by atoms with E-state index in [1.807, 2.05) is 18.2 Å². The highest BCUT2D eigenvalue weighted by Crippen LogP contribution is 2.44. The first kappa shape index (κ1) is 43.4. The third-order valence-corrected chi connectivity index (χ3v) is 13.5. The van der Waals surface area contributed by atoms with Crippen molar-refractivity contribution in [2.24, 2.45) is 24.8 Å². The predicted molar refractivity (Wildman–Crippen MR) is 222 cm³/mol. The summed E-state index contributed by atoms with van der Waals surface area (Å²) in [7, 11) is 4.16. The van der Waals surface area contributed by atoms with E-state index in [0.717, 1.165) is 30.5 Å². The van der Waals surface area contributed by atoms with Gasteiger partial charge in [-0.05, 0) is 74.8 Å². The third kappa shape index (κ3) is 9.80. The number of anilines is 1. The van der Waals surface area contributed by atoms with Gasteiger partial charge in [0, 0.05) is 90.1 Å². The predicted octanol–water partition coefficient (Wildman–Crippen LogP) is 3.87. The van der Waals surface area contributed by atoms with E-state index in [9.17, 15) is 18.0 Å². The van der Waals surface area contributed by atoms with Crippen molar-refractivity contribution < 1.29 is 37.0 Å². The normalized spacial score (nSPS) is 19.9. The molecule has 5 heterocycles. The van der Waals surface area contributed by atoms with Crippen LogP contribution in [0.25, 0.3) is 10.9 Å². The molecule has 2 fully saturated rings. The Morgan fingerprint density at radius 2 is 1.64 bits per heavy atom. The maximum atomic E-state index is 14.8. The van der Waals surface area contributed by atoms with Crippen LogP contribution in [0.5, 0.6) is 17.2 Å². The highest BCUT2D eigenvalue weighted by Gasteiger charge is 2.35. The Morgan fingerprint density at radius 3 is 2.33 bits per heavy atom. The van der Waals surface area contributed by atoms with Gasteiger partial charge in [0.2, 0.25) is 11.7 Å². The number of rotatable bonds is 10. The minimum atomic E-state index is -3.94. The number of aryl methyl sites for hydroxylation is 1. The van der Waals surface area contributed by atoms with Crippen LogP contribution < -0.4 is 24.4 Å². The molecule has 17 heteroatoms. The monoisotopic (exact) mass is 826 g/mol. The Hall–Kier alpha value is -4.19. The molecule has 2 bridgehead atoms. The molecule has 0 saturated carbocycles. The molecule has 1 aromatic carbocycles. The lowest BCUT2D eigenvalue weighted by Crippen LogP contribution is -2.48. The molecule has 6 rings (SSSR count). The van der Waals surface area contributed by atoms with Crippen LogP contribution in [0.1, 0.15) is 74.1 Å². The standard InChI is InChI=1S/C41H62N8O8S/c1-28(2)19-32-21-35(45(3)44-32)41(51)47-14-8-9-16-49(58(52,53)48-17-12-29(13-18-48)27-54-4)25-31-20-33-34(22-36(55-5)39(57-7)38(33)56-6)43-40(31)46-15-10-11-30(24-46)23-42-37(50)26-47/h20-22,28-30H,8-19,23-27H2,1-7H3,(H,42,50). The summed E-state index contributed by atoms with van der Waals surface area (Å²) in [5, 5.41) is 8.38. The summed E-state index contributed by atoms with van der Waals surface area (Å²) in [5.74, 6) is 2.29. The van der Waals surface area contributed by atoms with Gasteiger partial charge in [-0.1, -0.05) is 13.8 Å². The van der Waals surface area contributed by atoms with Crippen LogP contribution in [0.2, 0.25) is 0 Å². The molecule has 0 aliphatic carbocycles. The van der Waals surface area contributed by atoms with Gasteiger partial charge in [-0.3, -0.25) is 14.3 Å². The number of carbonyl (C=O) groups is 2. The van der Waals surface area contributed by atoms with Gasteiger partial charge in [0.1, 0.15) is 11.5 Å². The van der Waals surface area contributed by atoms with E-state index in [4.69, 9.17) is 23.9 Å². The lowest BCUT2D eigenvalue weighted by atomic mass is 9.97. The van der Waals surface area contributed by atoms with E-state index in [0.29, 0.717) is 117 Å². The molecule has 2 saturated heterocycles. The third-order valence-electron chi connectivity index (χ3n) is 11.5. The van der Waals surface area contributed by atoms with Gasteiger partial charge in [-0.25, -0.2) is 4.98 Å². The van der Waals surface area contributed by atoms with E-state index < -0.39 is 10.2 Å². The first-order valence-electron chi connectivity index (χ1n) is 20.6. The average Bonchev–Trinajstić information content (AvgIpc) is 3.57. The van der Waals surface area contributed by atoms with Crippen LogP contribution in [0.15, 0.2) is 18.2 Å². The van der Waals surface area contributed by atoms with E-state index >= 15 is 0 Å². The summed E-state index contributed by atoms with van der Waals surface area (Å²) in [6.07, 6.45) is 4.83. The highest BCUT2D eigenvalue weighted by molar-refractivity contribution is 7.86. The molecule has 1 N–H and O–H groups in total. The molecule has 3 aromatic rings. The summed E-state index contributed by atoms with van der Waals surface area (Å²) in [6.45, 7) is 7.79. The number of piperidine rings is 2. The molecule has 0 radical (unpaired) electrons. The molecule has 1 atom stereocenters. The maximum Gasteiger partial charge on any atom is 0.282 e. The number of hydrogen-bond acceptors (Lipinski definition) is 11. The Bertz CT molecular complexity index is 2020. The van der Waals surface area contributed by atoms with E-state index in [2.05, 4.69) is 29.2 Å². The number of methoxy groups -OCH3 is 4. The summed E-state index contributed by atoms with van der Waals surface area (Å²) >= 11 is 0. The zero-order chi connectivity index (χ0) is 41.6. The zero-order valence-corrected chi connectivity index (χ0v) is 36.1. The van der Waals surface area contributed by atoms with Crippen molar-refractivity contribution in [1.82, 2.24) is 33.6 Å². The number of carbonyl (C=O) groups excluding carboxylic acids is 2. The van der Waals surface area contributed by atoms with Crippen LogP contribution in [0.3, 0.4) is 0 Å². The van der Waals surface area contributed by atoms with Crippen molar-refractivity contribution in [1.29, 1.82) is 0 Å². The Kier molecular flexibility index (Phi) is 14.4. The Morgan fingerprint density at radius 1 is 0.897 bits per heavy atom. The van der Waals surface area contributed by atoms with Gasteiger partial charge in [0.15, 0.2) is 11.5 Å². The van der Waals surface area contributed by atoms with Crippen molar-refractivity contribution in [2.45, 2.75) is 65.3 Å². The molecular formula is C41H62N8O8S. The topological polar surface area (TPSA) is 161 Å². The summed E-state index contributed by atoms with van der Waals surface area (Å²) in [6, 6.07) is 5.61. The maximum absolute atomic E-state index is 14.8. The number of hydrogen-bond donors (Lipinski definition) is 1. The average molecular weight is 827 g/mol. The number of benzene rings is 1. The number of ether oxygens (including phenoxy) is 4. The lowest BCUT2D eigenvalue weighted by molar-refractivity contribution is -0.122. The molecule has 320 valence electrons. The number of aromatic nitrogens is 3. The summed E-state index contributed by atoms with van der Waals surface area (Å²) in [5.41, 5.74) is 2.61. The summed E-state index contributed by atoms with van der Waals surface area (Å²) in [4.78, 5) is 36.6. The quantitative estimate of drug-likeness (QED) is 0.316. The van der Waals surface area contributed by atoms with Crippen molar-refractivity contribution in [3.8, 4) is 17.2 Å². The second-order valence-electron chi connectivity index (χ2n) is 16.3. The number of amides is 2. The van der Waals surface area contributed by atoms with Crippen LogP contribution in [-0.2, 0) is 39.8 Å². The number of fused-ring (bicyclic) bond motifs is 5. The molecule has 58 heavy (non-hydrogen) atoms. The van der Waals surface area contributed by atoms with E-state index in [1.54, 1.807) is 53.7 Å². The molecule has 3 aliphatic rings. The molecule has 2 aromatic heterocycles. The zero-order valence-electron chi connectivity index (χ0n) is 35.3. The molecule has 1 unspecified atom stereocenters.